The van der Waals surface area contributed by atoms with Gasteiger partial charge in [-0.2, -0.15) is 26.3 Å². The average Bonchev–Trinajstić information content (AvgIpc) is 2.57. The van der Waals surface area contributed by atoms with Crippen molar-refractivity contribution in [2.75, 3.05) is 5.73 Å². The van der Waals surface area contributed by atoms with Crippen molar-refractivity contribution in [2.24, 2.45) is 0 Å². The summed E-state index contributed by atoms with van der Waals surface area (Å²) in [6, 6.07) is 1.76. The minimum Gasteiger partial charge on any atom is -0.432 e. The number of alkyl halides is 6. The summed E-state index contributed by atoms with van der Waals surface area (Å²) < 4.78 is 78.9. The van der Waals surface area contributed by atoms with Crippen LogP contribution in [0.2, 0.25) is 0 Å². The highest BCUT2D eigenvalue weighted by Crippen LogP contribution is 2.41. The summed E-state index contributed by atoms with van der Waals surface area (Å²) in [6.45, 7) is 0. The van der Waals surface area contributed by atoms with Gasteiger partial charge in [-0.1, -0.05) is 0 Å². The zero-order valence-corrected chi connectivity index (χ0v) is 8.36. The smallest absolute Gasteiger partial charge is 0.432 e. The summed E-state index contributed by atoms with van der Waals surface area (Å²) >= 11 is 0. The van der Waals surface area contributed by atoms with Crippen LogP contribution in [0, 0.1) is 0 Å². The van der Waals surface area contributed by atoms with E-state index in [0.717, 1.165) is 12.1 Å². The van der Waals surface area contributed by atoms with Crippen LogP contribution in [-0.2, 0) is 12.4 Å². The lowest BCUT2D eigenvalue weighted by molar-refractivity contribution is -0.157. The zero-order valence-electron chi connectivity index (χ0n) is 8.36. The van der Waals surface area contributed by atoms with E-state index in [-0.39, 0.29) is 0 Å². The first kappa shape index (κ1) is 12.5. The molecule has 0 aliphatic carbocycles. The summed E-state index contributed by atoms with van der Waals surface area (Å²) in [5.74, 6) is -1.74. The summed E-state index contributed by atoms with van der Waals surface area (Å²) in [5, 5.41) is 0. The van der Waals surface area contributed by atoms with Crippen molar-refractivity contribution >= 4 is 16.8 Å². The first-order valence-electron chi connectivity index (χ1n) is 4.44. The number of aromatic nitrogens is 1. The summed E-state index contributed by atoms with van der Waals surface area (Å²) in [5.41, 5.74) is 1.35. The first-order valence-corrected chi connectivity index (χ1v) is 4.44. The van der Waals surface area contributed by atoms with Crippen molar-refractivity contribution < 1.29 is 30.8 Å². The molecule has 0 bridgehead atoms. The van der Waals surface area contributed by atoms with Gasteiger partial charge in [-0.05, 0) is 12.1 Å². The molecule has 2 rings (SSSR count). The van der Waals surface area contributed by atoms with Crippen LogP contribution in [0.5, 0.6) is 0 Å². The third kappa shape index (κ3) is 1.95. The van der Waals surface area contributed by atoms with E-state index in [2.05, 4.69) is 9.40 Å². The van der Waals surface area contributed by atoms with Gasteiger partial charge in [-0.15, -0.1) is 0 Å². The molecule has 2 aromatic rings. The van der Waals surface area contributed by atoms with E-state index < -0.39 is 40.6 Å². The van der Waals surface area contributed by atoms with Crippen molar-refractivity contribution in [2.45, 2.75) is 12.4 Å². The minimum absolute atomic E-state index is 0.552. The van der Waals surface area contributed by atoms with Crippen molar-refractivity contribution in [1.29, 1.82) is 0 Å². The van der Waals surface area contributed by atoms with Gasteiger partial charge in [0.1, 0.15) is 11.1 Å². The molecule has 1 aromatic carbocycles. The van der Waals surface area contributed by atoms with Gasteiger partial charge in [0.2, 0.25) is 0 Å². The van der Waals surface area contributed by atoms with Gasteiger partial charge >= 0.3 is 18.2 Å². The third-order valence-electron chi connectivity index (χ3n) is 2.12. The number of oxazole rings is 1. The molecule has 0 saturated heterocycles. The molecule has 2 N–H and O–H groups in total. The summed E-state index contributed by atoms with van der Waals surface area (Å²) in [4.78, 5) is 2.95. The number of anilines is 1. The maximum Gasteiger partial charge on any atom is 0.468 e. The van der Waals surface area contributed by atoms with Gasteiger partial charge in [0, 0.05) is 5.69 Å². The molecule has 1 aromatic heterocycles. The molecule has 0 radical (unpaired) electrons. The lowest BCUT2D eigenvalue weighted by Crippen LogP contribution is -2.09. The number of nitrogens with zero attached hydrogens (tertiary/aromatic N) is 1. The lowest BCUT2D eigenvalue weighted by atomic mass is 10.1. The Morgan fingerprint density at radius 3 is 2.11 bits per heavy atom. The van der Waals surface area contributed by atoms with Crippen LogP contribution in [-0.4, -0.2) is 4.98 Å². The average molecular weight is 270 g/mol. The molecule has 9 heteroatoms. The predicted octanol–water partition coefficient (Wildman–Crippen LogP) is 3.45. The van der Waals surface area contributed by atoms with E-state index in [1.54, 1.807) is 0 Å². The Labute approximate surface area is 95.2 Å². The molecule has 0 aliphatic heterocycles. The van der Waals surface area contributed by atoms with Crippen molar-refractivity contribution in [3.05, 3.63) is 23.6 Å². The van der Waals surface area contributed by atoms with E-state index in [1.807, 2.05) is 0 Å². The Bertz CT molecular complexity index is 597. The van der Waals surface area contributed by atoms with E-state index >= 15 is 0 Å². The van der Waals surface area contributed by atoms with E-state index in [1.165, 1.54) is 0 Å². The fourth-order valence-electron chi connectivity index (χ4n) is 1.42. The van der Waals surface area contributed by atoms with E-state index in [9.17, 15) is 26.3 Å². The van der Waals surface area contributed by atoms with Gasteiger partial charge in [0.25, 0.3) is 0 Å². The maximum absolute atomic E-state index is 12.6. The highest BCUT2D eigenvalue weighted by Gasteiger charge is 2.41. The highest BCUT2D eigenvalue weighted by atomic mass is 19.4. The quantitative estimate of drug-likeness (QED) is 0.589. The molecule has 0 fully saturated rings. The van der Waals surface area contributed by atoms with Crippen molar-refractivity contribution in [1.82, 2.24) is 4.98 Å². The number of benzene rings is 1. The fraction of sp³-hybridized carbons (Fsp3) is 0.222. The van der Waals surface area contributed by atoms with Crippen molar-refractivity contribution in [3.63, 3.8) is 0 Å². The molecule has 0 amide bonds. The molecule has 3 nitrogen and oxygen atoms in total. The zero-order chi connectivity index (χ0) is 13.7. The molecular weight excluding hydrogens is 266 g/mol. The molecule has 0 unspecified atom stereocenters. The Morgan fingerprint density at radius 1 is 1.00 bits per heavy atom. The van der Waals surface area contributed by atoms with Gasteiger partial charge in [-0.3, -0.25) is 0 Å². The van der Waals surface area contributed by atoms with Crippen LogP contribution in [0.15, 0.2) is 16.5 Å². The number of hydrogen-bond acceptors (Lipinski definition) is 3. The summed E-state index contributed by atoms with van der Waals surface area (Å²) in [6.07, 6.45) is -9.89. The Balaban J connectivity index is 2.78. The molecule has 0 atom stereocenters. The van der Waals surface area contributed by atoms with Crippen LogP contribution in [0.4, 0.5) is 32.0 Å². The van der Waals surface area contributed by atoms with Gasteiger partial charge in [0.05, 0.1) is 0 Å². The van der Waals surface area contributed by atoms with Crippen molar-refractivity contribution in [3.8, 4) is 0 Å². The fourth-order valence-corrected chi connectivity index (χ4v) is 1.42. The lowest BCUT2D eigenvalue weighted by Gasteiger charge is -2.09. The Morgan fingerprint density at radius 2 is 1.61 bits per heavy atom. The third-order valence-corrected chi connectivity index (χ3v) is 2.12. The van der Waals surface area contributed by atoms with Crippen LogP contribution >= 0.6 is 0 Å². The minimum atomic E-state index is -4.96. The van der Waals surface area contributed by atoms with E-state index in [4.69, 9.17) is 5.73 Å². The number of fused-ring (bicyclic) bond motifs is 1. The number of halogens is 6. The molecule has 98 valence electrons. The normalized spacial score (nSPS) is 13.2. The van der Waals surface area contributed by atoms with E-state index in [0.29, 0.717) is 0 Å². The first-order chi connectivity index (χ1) is 8.10. The van der Waals surface area contributed by atoms with Gasteiger partial charge < -0.3 is 10.2 Å². The second kappa shape index (κ2) is 3.53. The van der Waals surface area contributed by atoms with Crippen LogP contribution in [0.1, 0.15) is 11.5 Å². The molecular formula is C9H4F6N2O. The molecule has 0 spiro atoms. The number of nitrogens with two attached hydrogens (primary N) is 1. The monoisotopic (exact) mass is 270 g/mol. The molecule has 0 saturated carbocycles. The standard InChI is InChI=1S/C9H4F6N2O/c10-8(11,12)5-3(16)1-2-4-6(5)18-7(17-4)9(13,14)15/h1-2H,16H2. The molecule has 18 heavy (non-hydrogen) atoms. The molecule has 0 aliphatic rings. The Hall–Kier alpha value is -1.93. The number of nitrogen functional groups attached to an aromatic ring is 1. The predicted molar refractivity (Wildman–Crippen MR) is 48.4 cm³/mol. The SMILES string of the molecule is Nc1ccc2nc(C(F)(F)F)oc2c1C(F)(F)F. The largest absolute Gasteiger partial charge is 0.468 e. The second-order valence-electron chi connectivity index (χ2n) is 3.39. The van der Waals surface area contributed by atoms with Crippen LogP contribution < -0.4 is 5.73 Å². The number of hydrogen-bond donors (Lipinski definition) is 1. The van der Waals surface area contributed by atoms with Crippen LogP contribution in [0.25, 0.3) is 11.1 Å². The van der Waals surface area contributed by atoms with Gasteiger partial charge in [-0.25, -0.2) is 4.98 Å². The highest BCUT2D eigenvalue weighted by molar-refractivity contribution is 5.82. The van der Waals surface area contributed by atoms with Gasteiger partial charge in [0.15, 0.2) is 5.58 Å². The van der Waals surface area contributed by atoms with Crippen LogP contribution in [0.3, 0.4) is 0 Å². The second-order valence-corrected chi connectivity index (χ2v) is 3.39. The molecule has 1 heterocycles. The number of rotatable bonds is 0. The Kier molecular flexibility index (Phi) is 2.46. The topological polar surface area (TPSA) is 52.0 Å². The summed E-state index contributed by atoms with van der Waals surface area (Å²) in [7, 11) is 0. The maximum atomic E-state index is 12.6.